The van der Waals surface area contributed by atoms with Gasteiger partial charge in [0.25, 0.3) is 0 Å². The van der Waals surface area contributed by atoms with E-state index in [1.54, 1.807) is 25.1 Å². The second kappa shape index (κ2) is 7.68. The van der Waals surface area contributed by atoms with Crippen LogP contribution in [0.1, 0.15) is 11.1 Å². The zero-order valence-electron chi connectivity index (χ0n) is 13.4. The van der Waals surface area contributed by atoms with Crippen molar-refractivity contribution in [2.75, 3.05) is 17.7 Å². The van der Waals surface area contributed by atoms with E-state index in [0.29, 0.717) is 26.6 Å². The number of hydrogen-bond donors (Lipinski definition) is 2. The molecule has 0 aromatic heterocycles. The molecule has 0 saturated carbocycles. The smallest absolute Gasteiger partial charge is 0.314 e. The molecule has 0 spiro atoms. The van der Waals surface area contributed by atoms with E-state index < -0.39 is 11.8 Å². The quantitative estimate of drug-likeness (QED) is 0.740. The van der Waals surface area contributed by atoms with Gasteiger partial charge in [0, 0.05) is 15.6 Å². The minimum Gasteiger partial charge on any atom is -0.495 e. The van der Waals surface area contributed by atoms with Crippen molar-refractivity contribution >= 4 is 50.7 Å². The lowest BCUT2D eigenvalue weighted by atomic mass is 10.2. The number of carbonyl (C=O) groups excluding carboxylic acids is 2. The fourth-order valence-electron chi connectivity index (χ4n) is 2.01. The van der Waals surface area contributed by atoms with Crippen molar-refractivity contribution < 1.29 is 14.3 Å². The highest BCUT2D eigenvalue weighted by molar-refractivity contribution is 9.10. The van der Waals surface area contributed by atoms with Crippen LogP contribution in [0.4, 0.5) is 11.4 Å². The number of methoxy groups -OCH3 is 1. The minimum absolute atomic E-state index is 0.377. The largest absolute Gasteiger partial charge is 0.495 e. The first-order valence-corrected chi connectivity index (χ1v) is 8.21. The molecule has 0 radical (unpaired) electrons. The predicted octanol–water partition coefficient (Wildman–Crippen LogP) is 4.31. The van der Waals surface area contributed by atoms with Crippen molar-refractivity contribution in [3.8, 4) is 5.75 Å². The van der Waals surface area contributed by atoms with Gasteiger partial charge in [-0.3, -0.25) is 9.59 Å². The van der Waals surface area contributed by atoms with Gasteiger partial charge in [-0.25, -0.2) is 0 Å². The minimum atomic E-state index is -0.803. The number of halogens is 2. The molecule has 126 valence electrons. The van der Waals surface area contributed by atoms with Crippen LogP contribution in [-0.4, -0.2) is 18.9 Å². The predicted molar refractivity (Wildman–Crippen MR) is 98.9 cm³/mol. The Morgan fingerprint density at radius 3 is 2.25 bits per heavy atom. The molecule has 0 bridgehead atoms. The van der Waals surface area contributed by atoms with Crippen LogP contribution >= 0.6 is 27.5 Å². The highest BCUT2D eigenvalue weighted by Gasteiger charge is 2.18. The summed E-state index contributed by atoms with van der Waals surface area (Å²) in [5, 5.41) is 5.60. The van der Waals surface area contributed by atoms with E-state index in [1.807, 2.05) is 19.1 Å². The molecule has 0 aliphatic carbocycles. The first-order valence-electron chi connectivity index (χ1n) is 7.04. The molecular weight excluding hydrogens is 396 g/mol. The second-order valence-electron chi connectivity index (χ2n) is 5.19. The number of nitrogens with one attached hydrogen (secondary N) is 2. The number of benzene rings is 2. The maximum atomic E-state index is 12.1. The summed E-state index contributed by atoms with van der Waals surface area (Å²) >= 11 is 9.37. The SMILES string of the molecule is COc1cc(Cl)c(C)cc1NC(=O)C(=O)Nc1ccc(C)cc1Br. The van der Waals surface area contributed by atoms with Gasteiger partial charge in [-0.1, -0.05) is 17.7 Å². The molecule has 0 atom stereocenters. The molecule has 0 fully saturated rings. The lowest BCUT2D eigenvalue weighted by Gasteiger charge is -2.12. The fourth-order valence-corrected chi connectivity index (χ4v) is 2.76. The summed E-state index contributed by atoms with van der Waals surface area (Å²) in [6.07, 6.45) is 0. The van der Waals surface area contributed by atoms with Gasteiger partial charge in [-0.05, 0) is 59.1 Å². The summed E-state index contributed by atoms with van der Waals surface area (Å²) in [5.41, 5.74) is 2.68. The highest BCUT2D eigenvalue weighted by Crippen LogP contribution is 2.31. The van der Waals surface area contributed by atoms with Crippen LogP contribution in [0.15, 0.2) is 34.8 Å². The van der Waals surface area contributed by atoms with Crippen LogP contribution < -0.4 is 15.4 Å². The van der Waals surface area contributed by atoms with Crippen molar-refractivity contribution in [3.63, 3.8) is 0 Å². The monoisotopic (exact) mass is 410 g/mol. The Morgan fingerprint density at radius 1 is 1.04 bits per heavy atom. The Morgan fingerprint density at radius 2 is 1.67 bits per heavy atom. The first kappa shape index (κ1) is 18.3. The van der Waals surface area contributed by atoms with Crippen LogP contribution in [0.25, 0.3) is 0 Å². The molecule has 24 heavy (non-hydrogen) atoms. The molecule has 0 unspecified atom stereocenters. The summed E-state index contributed by atoms with van der Waals surface area (Å²) in [7, 11) is 1.46. The molecular formula is C17H16BrClN2O3. The molecule has 0 heterocycles. The molecule has 0 aliphatic rings. The van der Waals surface area contributed by atoms with Gasteiger partial charge in [0.05, 0.1) is 18.5 Å². The first-order chi connectivity index (χ1) is 11.3. The average Bonchev–Trinajstić information content (AvgIpc) is 2.53. The van der Waals surface area contributed by atoms with Crippen LogP contribution in [-0.2, 0) is 9.59 Å². The van der Waals surface area contributed by atoms with E-state index in [-0.39, 0.29) is 0 Å². The third kappa shape index (κ3) is 4.27. The molecule has 2 N–H and O–H groups in total. The fraction of sp³-hybridized carbons (Fsp3) is 0.176. The van der Waals surface area contributed by atoms with Crippen LogP contribution in [0.2, 0.25) is 5.02 Å². The maximum absolute atomic E-state index is 12.1. The van der Waals surface area contributed by atoms with Gasteiger partial charge in [0.1, 0.15) is 5.75 Å². The molecule has 2 rings (SSSR count). The number of ether oxygens (including phenoxy) is 1. The van der Waals surface area contributed by atoms with Gasteiger partial charge >= 0.3 is 11.8 Å². The Balaban J connectivity index is 2.15. The van der Waals surface area contributed by atoms with E-state index in [0.717, 1.165) is 11.1 Å². The van der Waals surface area contributed by atoms with Gasteiger partial charge in [-0.2, -0.15) is 0 Å². The van der Waals surface area contributed by atoms with E-state index >= 15 is 0 Å². The summed E-state index contributed by atoms with van der Waals surface area (Å²) in [4.78, 5) is 24.2. The number of anilines is 2. The third-order valence-electron chi connectivity index (χ3n) is 3.31. The summed E-state index contributed by atoms with van der Waals surface area (Å²) in [5.74, 6) is -1.21. The second-order valence-corrected chi connectivity index (χ2v) is 6.45. The number of carbonyl (C=O) groups is 2. The Kier molecular flexibility index (Phi) is 5.85. The molecule has 5 nitrogen and oxygen atoms in total. The molecule has 2 aromatic carbocycles. The van der Waals surface area contributed by atoms with Crippen LogP contribution in [0.3, 0.4) is 0 Å². The van der Waals surface area contributed by atoms with Crippen molar-refractivity contribution in [2.45, 2.75) is 13.8 Å². The lowest BCUT2D eigenvalue weighted by Crippen LogP contribution is -2.29. The summed E-state index contributed by atoms with van der Waals surface area (Å²) in [6, 6.07) is 8.63. The van der Waals surface area contributed by atoms with Crippen molar-refractivity contribution in [3.05, 3.63) is 51.0 Å². The zero-order chi connectivity index (χ0) is 17.9. The highest BCUT2D eigenvalue weighted by atomic mass is 79.9. The topological polar surface area (TPSA) is 67.4 Å². The van der Waals surface area contributed by atoms with E-state index in [9.17, 15) is 9.59 Å². The van der Waals surface area contributed by atoms with Crippen molar-refractivity contribution in [1.29, 1.82) is 0 Å². The maximum Gasteiger partial charge on any atom is 0.314 e. The third-order valence-corrected chi connectivity index (χ3v) is 4.37. The van der Waals surface area contributed by atoms with E-state index in [4.69, 9.17) is 16.3 Å². The number of aryl methyl sites for hydroxylation is 2. The van der Waals surface area contributed by atoms with E-state index in [1.165, 1.54) is 7.11 Å². The van der Waals surface area contributed by atoms with Crippen LogP contribution in [0, 0.1) is 13.8 Å². The van der Waals surface area contributed by atoms with Gasteiger partial charge in [0.15, 0.2) is 0 Å². The van der Waals surface area contributed by atoms with Gasteiger partial charge < -0.3 is 15.4 Å². The average molecular weight is 412 g/mol. The standard InChI is InChI=1S/C17H16BrClN2O3/c1-9-4-5-13(11(18)6-9)20-16(22)17(23)21-14-7-10(2)12(19)8-15(14)24-3/h4-8H,1-3H3,(H,20,22)(H,21,23). The Labute approximate surface area is 153 Å². The summed E-state index contributed by atoms with van der Waals surface area (Å²) in [6.45, 7) is 3.72. The Bertz CT molecular complexity index is 809. The number of hydrogen-bond acceptors (Lipinski definition) is 3. The summed E-state index contributed by atoms with van der Waals surface area (Å²) < 4.78 is 5.87. The van der Waals surface area contributed by atoms with Crippen molar-refractivity contribution in [1.82, 2.24) is 0 Å². The normalized spacial score (nSPS) is 10.2. The zero-order valence-corrected chi connectivity index (χ0v) is 15.7. The molecule has 0 saturated heterocycles. The van der Waals surface area contributed by atoms with Gasteiger partial charge in [-0.15, -0.1) is 0 Å². The molecule has 2 amide bonds. The van der Waals surface area contributed by atoms with Crippen LogP contribution in [0.5, 0.6) is 5.75 Å². The van der Waals surface area contributed by atoms with E-state index in [2.05, 4.69) is 26.6 Å². The number of amides is 2. The number of rotatable bonds is 3. The molecule has 7 heteroatoms. The lowest BCUT2D eigenvalue weighted by molar-refractivity contribution is -0.133. The van der Waals surface area contributed by atoms with Gasteiger partial charge in [0.2, 0.25) is 0 Å². The molecule has 0 aliphatic heterocycles. The molecule has 2 aromatic rings. The van der Waals surface area contributed by atoms with Crippen molar-refractivity contribution in [2.24, 2.45) is 0 Å². The Hall–Kier alpha value is -2.05.